The van der Waals surface area contributed by atoms with E-state index in [1.807, 2.05) is 6.92 Å². The van der Waals surface area contributed by atoms with Gasteiger partial charge in [0.2, 0.25) is 0 Å². The molecule has 0 aliphatic rings. The second kappa shape index (κ2) is 7.25. The monoisotopic (exact) mass is 256 g/mol. The molecule has 0 aliphatic heterocycles. The summed E-state index contributed by atoms with van der Waals surface area (Å²) < 4.78 is 0. The van der Waals surface area contributed by atoms with E-state index < -0.39 is 0 Å². The first-order valence-corrected chi connectivity index (χ1v) is 6.02. The fourth-order valence-corrected chi connectivity index (χ4v) is 1.52. The number of aliphatic hydroxyl groups excluding tert-OH is 1. The van der Waals surface area contributed by atoms with Gasteiger partial charge in [-0.25, -0.2) is 0 Å². The minimum atomic E-state index is -0.218. The zero-order chi connectivity index (χ0) is 12.7. The van der Waals surface area contributed by atoms with Crippen LogP contribution in [-0.4, -0.2) is 29.1 Å². The molecule has 1 heterocycles. The first kappa shape index (κ1) is 13.9. The normalized spacial score (nSPS) is 12.2. The van der Waals surface area contributed by atoms with Crippen LogP contribution in [-0.2, 0) is 0 Å². The molecule has 0 bridgehead atoms. The van der Waals surface area contributed by atoms with Gasteiger partial charge in [-0.3, -0.25) is 9.78 Å². The van der Waals surface area contributed by atoms with Gasteiger partial charge in [0.25, 0.3) is 5.91 Å². The molecule has 1 atom stereocenters. The van der Waals surface area contributed by atoms with Gasteiger partial charge in [0, 0.05) is 24.4 Å². The van der Waals surface area contributed by atoms with Crippen molar-refractivity contribution in [2.75, 3.05) is 13.2 Å². The molecule has 0 aromatic carbocycles. The summed E-state index contributed by atoms with van der Waals surface area (Å²) in [5.74, 6) is 0.0559. The number of hydrogen-bond acceptors (Lipinski definition) is 3. The molecule has 2 N–H and O–H groups in total. The largest absolute Gasteiger partial charge is 0.396 e. The zero-order valence-electron chi connectivity index (χ0n) is 9.82. The van der Waals surface area contributed by atoms with Crippen LogP contribution >= 0.6 is 11.6 Å². The molecular weight excluding hydrogens is 240 g/mol. The van der Waals surface area contributed by atoms with Gasteiger partial charge in [-0.1, -0.05) is 18.5 Å². The average molecular weight is 257 g/mol. The number of halogens is 1. The van der Waals surface area contributed by atoms with Crippen molar-refractivity contribution in [1.82, 2.24) is 10.3 Å². The number of amides is 1. The van der Waals surface area contributed by atoms with Gasteiger partial charge in [-0.2, -0.15) is 0 Å². The van der Waals surface area contributed by atoms with E-state index in [2.05, 4.69) is 10.3 Å². The second-order valence-corrected chi connectivity index (χ2v) is 4.48. The number of nitrogens with one attached hydrogen (secondary N) is 1. The molecule has 94 valence electrons. The maximum Gasteiger partial charge on any atom is 0.269 e. The summed E-state index contributed by atoms with van der Waals surface area (Å²) in [5.41, 5.74) is 0.327. The number of aliphatic hydroxyl groups is 1. The smallest absolute Gasteiger partial charge is 0.269 e. The Labute approximate surface area is 106 Å². The molecule has 1 aromatic rings. The van der Waals surface area contributed by atoms with Crippen LogP contribution in [0.5, 0.6) is 0 Å². The third-order valence-electron chi connectivity index (χ3n) is 2.43. The van der Waals surface area contributed by atoms with Gasteiger partial charge < -0.3 is 10.4 Å². The summed E-state index contributed by atoms with van der Waals surface area (Å²) in [4.78, 5) is 15.6. The standard InChI is InChI=1S/C12H17ClN2O2/c1-9(8-16)3-2-5-15-12(17)11-7-10(13)4-6-14-11/h4,6-7,9,16H,2-3,5,8H2,1H3,(H,15,17). The van der Waals surface area contributed by atoms with Gasteiger partial charge in [-0.15, -0.1) is 0 Å². The van der Waals surface area contributed by atoms with E-state index in [1.54, 1.807) is 6.07 Å². The Morgan fingerprint density at radius 3 is 3.06 bits per heavy atom. The lowest BCUT2D eigenvalue weighted by molar-refractivity contribution is 0.0947. The number of aromatic nitrogens is 1. The molecule has 17 heavy (non-hydrogen) atoms. The lowest BCUT2D eigenvalue weighted by Crippen LogP contribution is -2.25. The van der Waals surface area contributed by atoms with Crippen molar-refractivity contribution in [2.45, 2.75) is 19.8 Å². The average Bonchev–Trinajstić information content (AvgIpc) is 2.34. The van der Waals surface area contributed by atoms with E-state index in [1.165, 1.54) is 12.3 Å². The molecule has 5 heteroatoms. The number of pyridine rings is 1. The highest BCUT2D eigenvalue weighted by Crippen LogP contribution is 2.08. The Kier molecular flexibility index (Phi) is 5.94. The number of rotatable bonds is 6. The SMILES string of the molecule is CC(CO)CCCNC(=O)c1cc(Cl)ccn1. The topological polar surface area (TPSA) is 62.2 Å². The molecule has 0 fully saturated rings. The minimum absolute atomic E-state index is 0.184. The first-order valence-electron chi connectivity index (χ1n) is 5.64. The summed E-state index contributed by atoms with van der Waals surface area (Å²) in [6, 6.07) is 3.16. The van der Waals surface area contributed by atoms with Crippen LogP contribution in [0.15, 0.2) is 18.3 Å². The molecule has 0 saturated carbocycles. The Bertz CT molecular complexity index is 371. The molecule has 0 saturated heterocycles. The van der Waals surface area contributed by atoms with Gasteiger partial charge in [-0.05, 0) is 30.9 Å². The van der Waals surface area contributed by atoms with Gasteiger partial charge in [0.05, 0.1) is 0 Å². The molecule has 4 nitrogen and oxygen atoms in total. The fourth-order valence-electron chi connectivity index (χ4n) is 1.36. The molecular formula is C12H17ClN2O2. The highest BCUT2D eigenvalue weighted by molar-refractivity contribution is 6.30. The summed E-state index contributed by atoms with van der Waals surface area (Å²) >= 11 is 5.76. The Morgan fingerprint density at radius 2 is 2.41 bits per heavy atom. The van der Waals surface area contributed by atoms with Crippen LogP contribution in [0.25, 0.3) is 0 Å². The molecule has 1 rings (SSSR count). The van der Waals surface area contributed by atoms with Crippen molar-refractivity contribution < 1.29 is 9.90 Å². The molecule has 0 aliphatic carbocycles. The molecule has 1 aromatic heterocycles. The third kappa shape index (κ3) is 5.15. The number of hydrogen-bond donors (Lipinski definition) is 2. The zero-order valence-corrected chi connectivity index (χ0v) is 10.6. The lowest BCUT2D eigenvalue weighted by Gasteiger charge is -2.08. The van der Waals surface area contributed by atoms with E-state index in [0.29, 0.717) is 17.3 Å². The Balaban J connectivity index is 2.30. The van der Waals surface area contributed by atoms with Crippen LogP contribution < -0.4 is 5.32 Å². The van der Waals surface area contributed by atoms with Crippen LogP contribution in [0.2, 0.25) is 5.02 Å². The van der Waals surface area contributed by atoms with Crippen molar-refractivity contribution in [2.24, 2.45) is 5.92 Å². The summed E-state index contributed by atoms with van der Waals surface area (Å²) in [5, 5.41) is 12.1. The highest BCUT2D eigenvalue weighted by atomic mass is 35.5. The molecule has 1 unspecified atom stereocenters. The van der Waals surface area contributed by atoms with Gasteiger partial charge >= 0.3 is 0 Å². The summed E-state index contributed by atoms with van der Waals surface area (Å²) in [6.07, 6.45) is 3.23. The molecule has 0 radical (unpaired) electrons. The number of carbonyl (C=O) groups is 1. The fraction of sp³-hybridized carbons (Fsp3) is 0.500. The predicted octanol–water partition coefficient (Wildman–Crippen LogP) is 1.87. The quantitative estimate of drug-likeness (QED) is 0.764. The van der Waals surface area contributed by atoms with Crippen molar-refractivity contribution >= 4 is 17.5 Å². The van der Waals surface area contributed by atoms with Crippen LogP contribution in [0, 0.1) is 5.92 Å². The van der Waals surface area contributed by atoms with Crippen molar-refractivity contribution in [3.8, 4) is 0 Å². The van der Waals surface area contributed by atoms with Crippen molar-refractivity contribution in [3.63, 3.8) is 0 Å². The summed E-state index contributed by atoms with van der Waals surface area (Å²) in [7, 11) is 0. The van der Waals surface area contributed by atoms with Crippen molar-refractivity contribution in [1.29, 1.82) is 0 Å². The minimum Gasteiger partial charge on any atom is -0.396 e. The second-order valence-electron chi connectivity index (χ2n) is 4.05. The maximum atomic E-state index is 11.6. The van der Waals surface area contributed by atoms with E-state index in [9.17, 15) is 4.79 Å². The van der Waals surface area contributed by atoms with E-state index in [-0.39, 0.29) is 18.4 Å². The van der Waals surface area contributed by atoms with Crippen LogP contribution in [0.4, 0.5) is 0 Å². The van der Waals surface area contributed by atoms with Crippen molar-refractivity contribution in [3.05, 3.63) is 29.0 Å². The van der Waals surface area contributed by atoms with Gasteiger partial charge in [0.1, 0.15) is 5.69 Å². The van der Waals surface area contributed by atoms with E-state index in [4.69, 9.17) is 16.7 Å². The van der Waals surface area contributed by atoms with Crippen LogP contribution in [0.1, 0.15) is 30.3 Å². The molecule has 0 spiro atoms. The maximum absolute atomic E-state index is 11.6. The lowest BCUT2D eigenvalue weighted by atomic mass is 10.1. The van der Waals surface area contributed by atoms with E-state index >= 15 is 0 Å². The van der Waals surface area contributed by atoms with E-state index in [0.717, 1.165) is 12.8 Å². The van der Waals surface area contributed by atoms with Gasteiger partial charge in [0.15, 0.2) is 0 Å². The first-order chi connectivity index (χ1) is 8.13. The predicted molar refractivity (Wildman–Crippen MR) is 67.1 cm³/mol. The highest BCUT2D eigenvalue weighted by Gasteiger charge is 2.07. The molecule has 1 amide bonds. The number of nitrogens with zero attached hydrogens (tertiary/aromatic N) is 1. The third-order valence-corrected chi connectivity index (χ3v) is 2.66. The Hall–Kier alpha value is -1.13. The van der Waals surface area contributed by atoms with Crippen LogP contribution in [0.3, 0.4) is 0 Å². The Morgan fingerprint density at radius 1 is 1.65 bits per heavy atom. The summed E-state index contributed by atoms with van der Waals surface area (Å²) in [6.45, 7) is 2.74. The number of carbonyl (C=O) groups excluding carboxylic acids is 1.